The summed E-state index contributed by atoms with van der Waals surface area (Å²) in [6.07, 6.45) is 2.08. The van der Waals surface area contributed by atoms with Crippen molar-refractivity contribution in [1.82, 2.24) is 0 Å². The van der Waals surface area contributed by atoms with Crippen LogP contribution in [0.1, 0.15) is 33.1 Å². The molecule has 0 aromatic rings. The Morgan fingerprint density at radius 1 is 1.56 bits per heavy atom. The van der Waals surface area contributed by atoms with E-state index in [2.05, 4.69) is 13.8 Å². The molecule has 16 heavy (non-hydrogen) atoms. The van der Waals surface area contributed by atoms with Crippen LogP contribution in [0.5, 0.6) is 0 Å². The van der Waals surface area contributed by atoms with Crippen LogP contribution in [-0.4, -0.2) is 37.5 Å². The van der Waals surface area contributed by atoms with Crippen molar-refractivity contribution in [2.75, 3.05) is 26.4 Å². The maximum Gasteiger partial charge on any atom is 0.312 e. The lowest BCUT2D eigenvalue weighted by atomic mass is 9.80. The first-order valence-electron chi connectivity index (χ1n) is 5.96. The van der Waals surface area contributed by atoms with Crippen LogP contribution in [0, 0.1) is 11.3 Å². The number of aliphatic carboxylic acids is 1. The van der Waals surface area contributed by atoms with Crippen molar-refractivity contribution in [2.24, 2.45) is 11.3 Å². The number of rotatable bonds is 6. The minimum atomic E-state index is -0.750. The SMILES string of the molecule is CC(C)COCCC1(C(=O)O)CCCOC1. The lowest BCUT2D eigenvalue weighted by Gasteiger charge is -2.32. The van der Waals surface area contributed by atoms with E-state index >= 15 is 0 Å². The Balaban J connectivity index is 2.36. The van der Waals surface area contributed by atoms with Gasteiger partial charge in [-0.2, -0.15) is 0 Å². The molecule has 1 N–H and O–H groups in total. The number of hydrogen-bond acceptors (Lipinski definition) is 3. The van der Waals surface area contributed by atoms with Gasteiger partial charge in [0.1, 0.15) is 0 Å². The Morgan fingerprint density at radius 3 is 2.81 bits per heavy atom. The van der Waals surface area contributed by atoms with Gasteiger partial charge in [0.15, 0.2) is 0 Å². The molecule has 4 heteroatoms. The number of hydrogen-bond donors (Lipinski definition) is 1. The van der Waals surface area contributed by atoms with Crippen LogP contribution in [0.15, 0.2) is 0 Å². The van der Waals surface area contributed by atoms with Crippen molar-refractivity contribution in [3.63, 3.8) is 0 Å². The number of carbonyl (C=O) groups is 1. The van der Waals surface area contributed by atoms with Crippen LogP contribution in [-0.2, 0) is 14.3 Å². The molecule has 0 saturated carbocycles. The summed E-state index contributed by atoms with van der Waals surface area (Å²) in [6, 6.07) is 0. The number of carboxylic acids is 1. The van der Waals surface area contributed by atoms with E-state index in [9.17, 15) is 9.90 Å². The van der Waals surface area contributed by atoms with Crippen LogP contribution < -0.4 is 0 Å². The largest absolute Gasteiger partial charge is 0.481 e. The lowest BCUT2D eigenvalue weighted by molar-refractivity contribution is -0.159. The third kappa shape index (κ3) is 3.76. The highest BCUT2D eigenvalue weighted by Gasteiger charge is 2.40. The van der Waals surface area contributed by atoms with Gasteiger partial charge in [-0.1, -0.05) is 13.8 Å². The monoisotopic (exact) mass is 230 g/mol. The van der Waals surface area contributed by atoms with Crippen molar-refractivity contribution in [3.05, 3.63) is 0 Å². The van der Waals surface area contributed by atoms with E-state index in [1.165, 1.54) is 0 Å². The molecule has 1 saturated heterocycles. The molecule has 0 bridgehead atoms. The van der Waals surface area contributed by atoms with Crippen molar-refractivity contribution in [3.8, 4) is 0 Å². The first-order chi connectivity index (χ1) is 7.57. The highest BCUT2D eigenvalue weighted by atomic mass is 16.5. The molecule has 0 spiro atoms. The van der Waals surface area contributed by atoms with Crippen molar-refractivity contribution in [2.45, 2.75) is 33.1 Å². The second kappa shape index (κ2) is 6.21. The van der Waals surface area contributed by atoms with Gasteiger partial charge in [0.05, 0.1) is 12.0 Å². The normalized spacial score (nSPS) is 25.9. The zero-order valence-electron chi connectivity index (χ0n) is 10.2. The Hall–Kier alpha value is -0.610. The minimum Gasteiger partial charge on any atom is -0.481 e. The summed E-state index contributed by atoms with van der Waals surface area (Å²) in [6.45, 7) is 6.37. The van der Waals surface area contributed by atoms with Crippen molar-refractivity contribution >= 4 is 5.97 Å². The Morgan fingerprint density at radius 2 is 2.31 bits per heavy atom. The molecule has 0 aliphatic carbocycles. The molecule has 1 unspecified atom stereocenters. The van der Waals surface area contributed by atoms with Crippen molar-refractivity contribution < 1.29 is 19.4 Å². The van der Waals surface area contributed by atoms with E-state index in [4.69, 9.17) is 9.47 Å². The second-order valence-electron chi connectivity index (χ2n) is 4.96. The molecule has 4 nitrogen and oxygen atoms in total. The van der Waals surface area contributed by atoms with Gasteiger partial charge in [0.25, 0.3) is 0 Å². The Labute approximate surface area is 96.9 Å². The van der Waals surface area contributed by atoms with Gasteiger partial charge in [-0.05, 0) is 25.2 Å². The zero-order chi connectivity index (χ0) is 12.0. The molecule has 1 rings (SSSR count). The van der Waals surface area contributed by atoms with Gasteiger partial charge in [-0.3, -0.25) is 4.79 Å². The molecule has 94 valence electrons. The minimum absolute atomic E-state index is 0.327. The summed E-state index contributed by atoms with van der Waals surface area (Å²) in [7, 11) is 0. The lowest BCUT2D eigenvalue weighted by Crippen LogP contribution is -2.40. The molecule has 1 aliphatic heterocycles. The van der Waals surface area contributed by atoms with Gasteiger partial charge < -0.3 is 14.6 Å². The fraction of sp³-hybridized carbons (Fsp3) is 0.917. The predicted octanol–water partition coefficient (Wildman–Crippen LogP) is 1.93. The quantitative estimate of drug-likeness (QED) is 0.708. The predicted molar refractivity (Wildman–Crippen MR) is 60.4 cm³/mol. The first kappa shape index (κ1) is 13.5. The van der Waals surface area contributed by atoms with E-state index in [0.29, 0.717) is 45.2 Å². The van der Waals surface area contributed by atoms with Crippen LogP contribution >= 0.6 is 0 Å². The van der Waals surface area contributed by atoms with Crippen molar-refractivity contribution in [1.29, 1.82) is 0 Å². The summed E-state index contributed by atoms with van der Waals surface area (Å²) >= 11 is 0. The molecular formula is C12H22O4. The van der Waals surface area contributed by atoms with E-state index in [-0.39, 0.29) is 0 Å². The Kier molecular flexibility index (Phi) is 5.22. The van der Waals surface area contributed by atoms with Crippen LogP contribution in [0.25, 0.3) is 0 Å². The van der Waals surface area contributed by atoms with E-state index in [1.807, 2.05) is 0 Å². The highest BCUT2D eigenvalue weighted by molar-refractivity contribution is 5.74. The molecule has 1 heterocycles. The van der Waals surface area contributed by atoms with Gasteiger partial charge in [0, 0.05) is 19.8 Å². The standard InChI is InChI=1S/C12H22O4/c1-10(2)8-15-7-5-12(11(13)14)4-3-6-16-9-12/h10H,3-9H2,1-2H3,(H,13,14). The maximum absolute atomic E-state index is 11.3. The molecule has 0 aromatic heterocycles. The average molecular weight is 230 g/mol. The summed E-state index contributed by atoms with van der Waals surface area (Å²) in [4.78, 5) is 11.3. The molecule has 0 radical (unpaired) electrons. The summed E-state index contributed by atoms with van der Waals surface area (Å²) in [5, 5.41) is 9.26. The van der Waals surface area contributed by atoms with Gasteiger partial charge in [0.2, 0.25) is 0 Å². The first-order valence-corrected chi connectivity index (χ1v) is 5.96. The molecular weight excluding hydrogens is 208 g/mol. The number of carboxylic acid groups (broad SMARTS) is 1. The molecule has 0 aromatic carbocycles. The molecule has 0 amide bonds. The van der Waals surface area contributed by atoms with Gasteiger partial charge in [-0.15, -0.1) is 0 Å². The van der Waals surface area contributed by atoms with E-state index < -0.39 is 11.4 Å². The fourth-order valence-electron chi connectivity index (χ4n) is 1.91. The number of ether oxygens (including phenoxy) is 2. The van der Waals surface area contributed by atoms with Gasteiger partial charge in [-0.25, -0.2) is 0 Å². The second-order valence-corrected chi connectivity index (χ2v) is 4.96. The molecule has 1 fully saturated rings. The third-order valence-corrected chi connectivity index (χ3v) is 2.95. The van der Waals surface area contributed by atoms with E-state index in [0.717, 1.165) is 6.42 Å². The third-order valence-electron chi connectivity index (χ3n) is 2.95. The Bertz CT molecular complexity index is 219. The van der Waals surface area contributed by atoms with E-state index in [1.54, 1.807) is 0 Å². The maximum atomic E-state index is 11.3. The highest BCUT2D eigenvalue weighted by Crippen LogP contribution is 2.32. The zero-order valence-corrected chi connectivity index (χ0v) is 10.2. The van der Waals surface area contributed by atoms with Crippen LogP contribution in [0.3, 0.4) is 0 Å². The van der Waals surface area contributed by atoms with Gasteiger partial charge >= 0.3 is 5.97 Å². The molecule has 1 atom stereocenters. The fourth-order valence-corrected chi connectivity index (χ4v) is 1.91. The topological polar surface area (TPSA) is 55.8 Å². The molecule has 1 aliphatic rings. The summed E-state index contributed by atoms with van der Waals surface area (Å²) in [5.74, 6) is -0.260. The van der Waals surface area contributed by atoms with Crippen LogP contribution in [0.4, 0.5) is 0 Å². The summed E-state index contributed by atoms with van der Waals surface area (Å²) in [5.41, 5.74) is -0.713. The summed E-state index contributed by atoms with van der Waals surface area (Å²) < 4.78 is 10.7. The smallest absolute Gasteiger partial charge is 0.312 e. The average Bonchev–Trinajstić information content (AvgIpc) is 2.25. The van der Waals surface area contributed by atoms with Crippen LogP contribution in [0.2, 0.25) is 0 Å².